The van der Waals surface area contributed by atoms with Crippen molar-refractivity contribution in [3.8, 4) is 0 Å². The Kier molecular flexibility index (Phi) is 3.69. The molecule has 1 rings (SSSR count). The SMILES string of the molecule is CC(C)c1cc(F)cc(C(C)C)c1NN. The third-order valence-corrected chi connectivity index (χ3v) is 2.55. The minimum Gasteiger partial charge on any atom is -0.324 e. The first-order chi connectivity index (χ1) is 6.97. The topological polar surface area (TPSA) is 38.0 Å². The summed E-state index contributed by atoms with van der Waals surface area (Å²) in [5, 5.41) is 0. The lowest BCUT2D eigenvalue weighted by Gasteiger charge is -2.19. The van der Waals surface area contributed by atoms with Gasteiger partial charge in [-0.05, 0) is 35.1 Å². The number of halogens is 1. The summed E-state index contributed by atoms with van der Waals surface area (Å²) in [5.74, 6) is 5.82. The molecular weight excluding hydrogens is 191 g/mol. The average Bonchev–Trinajstić information content (AvgIpc) is 2.16. The predicted molar refractivity (Wildman–Crippen MR) is 62.4 cm³/mol. The van der Waals surface area contributed by atoms with Gasteiger partial charge in [0.1, 0.15) is 5.82 Å². The second kappa shape index (κ2) is 4.62. The first-order valence-electron chi connectivity index (χ1n) is 5.27. The van der Waals surface area contributed by atoms with Crippen molar-refractivity contribution < 1.29 is 4.39 Å². The van der Waals surface area contributed by atoms with Gasteiger partial charge < -0.3 is 5.43 Å². The van der Waals surface area contributed by atoms with Crippen LogP contribution in [0.4, 0.5) is 10.1 Å². The standard InChI is InChI=1S/C12H19FN2/c1-7(2)10-5-9(13)6-11(8(3)4)12(10)15-14/h5-8,15H,14H2,1-4H3. The summed E-state index contributed by atoms with van der Waals surface area (Å²) >= 11 is 0. The van der Waals surface area contributed by atoms with Crippen LogP contribution in [-0.2, 0) is 0 Å². The average molecular weight is 210 g/mol. The van der Waals surface area contributed by atoms with Crippen molar-refractivity contribution in [2.24, 2.45) is 5.84 Å². The highest BCUT2D eigenvalue weighted by Gasteiger charge is 2.14. The van der Waals surface area contributed by atoms with Crippen LogP contribution < -0.4 is 11.3 Å². The van der Waals surface area contributed by atoms with Crippen LogP contribution in [0.5, 0.6) is 0 Å². The number of anilines is 1. The quantitative estimate of drug-likeness (QED) is 0.593. The molecule has 0 saturated carbocycles. The van der Waals surface area contributed by atoms with E-state index in [9.17, 15) is 4.39 Å². The number of nitrogen functional groups attached to an aromatic ring is 1. The second-order valence-corrected chi connectivity index (χ2v) is 4.41. The first-order valence-corrected chi connectivity index (χ1v) is 5.27. The lowest BCUT2D eigenvalue weighted by atomic mass is 9.93. The van der Waals surface area contributed by atoms with Crippen LogP contribution in [0, 0.1) is 5.82 Å². The Labute approximate surface area is 90.6 Å². The molecule has 2 nitrogen and oxygen atoms in total. The Morgan fingerprint density at radius 3 is 1.73 bits per heavy atom. The Balaban J connectivity index is 3.38. The normalized spacial score (nSPS) is 11.2. The van der Waals surface area contributed by atoms with Crippen molar-refractivity contribution >= 4 is 5.69 Å². The molecule has 3 N–H and O–H groups in total. The number of benzene rings is 1. The molecule has 0 saturated heterocycles. The van der Waals surface area contributed by atoms with Gasteiger partial charge in [-0.3, -0.25) is 5.84 Å². The zero-order valence-corrected chi connectivity index (χ0v) is 9.76. The molecule has 0 aliphatic carbocycles. The molecule has 0 aliphatic rings. The Morgan fingerprint density at radius 2 is 1.47 bits per heavy atom. The molecule has 0 radical (unpaired) electrons. The lowest BCUT2D eigenvalue weighted by Crippen LogP contribution is -2.13. The lowest BCUT2D eigenvalue weighted by molar-refractivity contribution is 0.618. The van der Waals surface area contributed by atoms with Crippen molar-refractivity contribution in [1.29, 1.82) is 0 Å². The molecule has 0 aromatic heterocycles. The van der Waals surface area contributed by atoms with E-state index >= 15 is 0 Å². The molecule has 15 heavy (non-hydrogen) atoms. The van der Waals surface area contributed by atoms with Crippen LogP contribution in [-0.4, -0.2) is 0 Å². The van der Waals surface area contributed by atoms with E-state index in [-0.39, 0.29) is 17.7 Å². The number of hydrazine groups is 1. The highest BCUT2D eigenvalue weighted by molar-refractivity contribution is 5.59. The van der Waals surface area contributed by atoms with E-state index in [1.807, 2.05) is 27.7 Å². The maximum atomic E-state index is 13.4. The smallest absolute Gasteiger partial charge is 0.123 e. The summed E-state index contributed by atoms with van der Waals surface area (Å²) < 4.78 is 13.4. The Morgan fingerprint density at radius 1 is 1.07 bits per heavy atom. The van der Waals surface area contributed by atoms with Gasteiger partial charge in [0.2, 0.25) is 0 Å². The number of rotatable bonds is 3. The molecule has 0 fully saturated rings. The van der Waals surface area contributed by atoms with Gasteiger partial charge in [-0.2, -0.15) is 0 Å². The van der Waals surface area contributed by atoms with Crippen LogP contribution in [0.15, 0.2) is 12.1 Å². The Hall–Kier alpha value is -1.09. The molecule has 0 spiro atoms. The van der Waals surface area contributed by atoms with E-state index in [1.54, 1.807) is 12.1 Å². The van der Waals surface area contributed by atoms with E-state index in [0.29, 0.717) is 0 Å². The van der Waals surface area contributed by atoms with Crippen molar-refractivity contribution in [2.45, 2.75) is 39.5 Å². The van der Waals surface area contributed by atoms with Crippen molar-refractivity contribution in [1.82, 2.24) is 0 Å². The molecule has 0 bridgehead atoms. The molecule has 0 atom stereocenters. The van der Waals surface area contributed by atoms with E-state index in [0.717, 1.165) is 16.8 Å². The van der Waals surface area contributed by atoms with Crippen LogP contribution >= 0.6 is 0 Å². The second-order valence-electron chi connectivity index (χ2n) is 4.41. The maximum Gasteiger partial charge on any atom is 0.123 e. The zero-order chi connectivity index (χ0) is 11.6. The third-order valence-electron chi connectivity index (χ3n) is 2.55. The molecule has 84 valence electrons. The first kappa shape index (κ1) is 12.0. The fourth-order valence-corrected chi connectivity index (χ4v) is 1.73. The number of nitrogens with two attached hydrogens (primary N) is 1. The van der Waals surface area contributed by atoms with E-state index in [4.69, 9.17) is 5.84 Å². The zero-order valence-electron chi connectivity index (χ0n) is 9.76. The van der Waals surface area contributed by atoms with Crippen LogP contribution in [0.3, 0.4) is 0 Å². The van der Waals surface area contributed by atoms with Crippen molar-refractivity contribution in [3.05, 3.63) is 29.1 Å². The van der Waals surface area contributed by atoms with Crippen LogP contribution in [0.1, 0.15) is 50.7 Å². The summed E-state index contributed by atoms with van der Waals surface area (Å²) in [6.45, 7) is 8.11. The minimum absolute atomic E-state index is 0.193. The fraction of sp³-hybridized carbons (Fsp3) is 0.500. The monoisotopic (exact) mass is 210 g/mol. The number of hydrogen-bond donors (Lipinski definition) is 2. The Bertz CT molecular complexity index is 316. The molecule has 0 amide bonds. The minimum atomic E-state index is -0.193. The van der Waals surface area contributed by atoms with Gasteiger partial charge in [0.25, 0.3) is 0 Å². The molecule has 1 aromatic carbocycles. The van der Waals surface area contributed by atoms with Crippen LogP contribution in [0.2, 0.25) is 0 Å². The highest BCUT2D eigenvalue weighted by atomic mass is 19.1. The van der Waals surface area contributed by atoms with E-state index in [2.05, 4.69) is 5.43 Å². The summed E-state index contributed by atoms with van der Waals surface area (Å²) in [6, 6.07) is 3.09. The molecule has 3 heteroatoms. The van der Waals surface area contributed by atoms with Gasteiger partial charge in [0.15, 0.2) is 0 Å². The van der Waals surface area contributed by atoms with Crippen molar-refractivity contribution in [3.63, 3.8) is 0 Å². The highest BCUT2D eigenvalue weighted by Crippen LogP contribution is 2.32. The van der Waals surface area contributed by atoms with Gasteiger partial charge in [0, 0.05) is 0 Å². The van der Waals surface area contributed by atoms with E-state index < -0.39 is 0 Å². The molecule has 0 unspecified atom stereocenters. The predicted octanol–water partition coefficient (Wildman–Crippen LogP) is 3.36. The van der Waals surface area contributed by atoms with Crippen LogP contribution in [0.25, 0.3) is 0 Å². The van der Waals surface area contributed by atoms with Gasteiger partial charge in [0.05, 0.1) is 5.69 Å². The summed E-state index contributed by atoms with van der Waals surface area (Å²) in [6.07, 6.45) is 0. The summed E-state index contributed by atoms with van der Waals surface area (Å²) in [4.78, 5) is 0. The van der Waals surface area contributed by atoms with Gasteiger partial charge in [-0.25, -0.2) is 4.39 Å². The largest absolute Gasteiger partial charge is 0.324 e. The van der Waals surface area contributed by atoms with Gasteiger partial charge in [-0.1, -0.05) is 27.7 Å². The molecular formula is C12H19FN2. The van der Waals surface area contributed by atoms with E-state index in [1.165, 1.54) is 0 Å². The van der Waals surface area contributed by atoms with Crippen molar-refractivity contribution in [2.75, 3.05) is 5.43 Å². The molecule has 0 heterocycles. The fourth-order valence-electron chi connectivity index (χ4n) is 1.73. The maximum absolute atomic E-state index is 13.4. The third kappa shape index (κ3) is 2.48. The van der Waals surface area contributed by atoms with Gasteiger partial charge >= 0.3 is 0 Å². The number of hydrogen-bond acceptors (Lipinski definition) is 2. The summed E-state index contributed by atoms with van der Waals surface area (Å²) in [7, 11) is 0. The summed E-state index contributed by atoms with van der Waals surface area (Å²) in [5.41, 5.74) is 5.41. The number of nitrogens with one attached hydrogen (secondary N) is 1. The molecule has 0 aliphatic heterocycles. The van der Waals surface area contributed by atoms with Gasteiger partial charge in [-0.15, -0.1) is 0 Å². The molecule has 1 aromatic rings.